The Morgan fingerprint density at radius 3 is 2.67 bits per heavy atom. The minimum Gasteiger partial charge on any atom is -0.468 e. The summed E-state index contributed by atoms with van der Waals surface area (Å²) in [6.07, 6.45) is 4.67. The molecule has 1 fully saturated rings. The van der Waals surface area contributed by atoms with Crippen molar-refractivity contribution in [2.24, 2.45) is 5.92 Å². The highest BCUT2D eigenvalue weighted by atomic mass is 16.5. The fraction of sp³-hybridized carbons (Fsp3) is 0.667. The Bertz CT molecular complexity index is 709. The molecule has 1 aliphatic carbocycles. The highest BCUT2D eigenvalue weighted by Gasteiger charge is 2.30. The molecule has 0 radical (unpaired) electrons. The van der Waals surface area contributed by atoms with E-state index in [4.69, 9.17) is 4.74 Å². The van der Waals surface area contributed by atoms with Gasteiger partial charge in [0.1, 0.15) is 0 Å². The van der Waals surface area contributed by atoms with Crippen molar-refractivity contribution in [1.29, 1.82) is 0 Å². The van der Waals surface area contributed by atoms with Crippen LogP contribution in [0.3, 0.4) is 0 Å². The molecule has 2 heterocycles. The molecule has 0 saturated carbocycles. The Morgan fingerprint density at radius 2 is 2.00 bits per heavy atom. The quantitative estimate of drug-likeness (QED) is 0.795. The number of piperidine rings is 1. The molecule has 2 amide bonds. The van der Waals surface area contributed by atoms with Crippen molar-refractivity contribution in [3.05, 3.63) is 22.9 Å². The first-order valence-electron chi connectivity index (χ1n) is 10.0. The van der Waals surface area contributed by atoms with E-state index in [1.54, 1.807) is 9.80 Å². The first-order valence-corrected chi connectivity index (χ1v) is 10.0. The Kier molecular flexibility index (Phi) is 6.02. The SMILES string of the molecule is Cc1cc(OCC(=O)N2CCC(C(=O)N(C)C(C)C)CC2)nc2c1CCC2. The van der Waals surface area contributed by atoms with E-state index in [1.165, 1.54) is 11.1 Å². The van der Waals surface area contributed by atoms with Crippen LogP contribution in [0.1, 0.15) is 49.9 Å². The van der Waals surface area contributed by atoms with Crippen molar-refractivity contribution in [1.82, 2.24) is 14.8 Å². The molecular formula is C21H31N3O3. The molecule has 148 valence electrons. The summed E-state index contributed by atoms with van der Waals surface area (Å²) in [6.45, 7) is 7.35. The summed E-state index contributed by atoms with van der Waals surface area (Å²) in [5.41, 5.74) is 3.66. The number of hydrogen-bond donors (Lipinski definition) is 0. The minimum absolute atomic E-state index is 0.00966. The maximum atomic E-state index is 12.5. The number of aromatic nitrogens is 1. The molecule has 1 aromatic rings. The second-order valence-electron chi connectivity index (χ2n) is 8.04. The maximum absolute atomic E-state index is 12.5. The summed E-state index contributed by atoms with van der Waals surface area (Å²) in [7, 11) is 1.85. The number of nitrogens with zero attached hydrogens (tertiary/aromatic N) is 3. The lowest BCUT2D eigenvalue weighted by Gasteiger charge is -2.34. The number of aryl methyl sites for hydroxylation is 2. The molecule has 6 nitrogen and oxygen atoms in total. The highest BCUT2D eigenvalue weighted by Crippen LogP contribution is 2.26. The van der Waals surface area contributed by atoms with Crippen molar-refractivity contribution < 1.29 is 14.3 Å². The van der Waals surface area contributed by atoms with Crippen LogP contribution in [-0.2, 0) is 22.4 Å². The van der Waals surface area contributed by atoms with Crippen molar-refractivity contribution in [2.75, 3.05) is 26.7 Å². The first kappa shape index (κ1) is 19.6. The van der Waals surface area contributed by atoms with Gasteiger partial charge in [-0.2, -0.15) is 0 Å². The van der Waals surface area contributed by atoms with Gasteiger partial charge in [0.05, 0.1) is 0 Å². The van der Waals surface area contributed by atoms with Crippen molar-refractivity contribution in [3.8, 4) is 5.88 Å². The largest absolute Gasteiger partial charge is 0.468 e. The molecule has 0 aromatic carbocycles. The van der Waals surface area contributed by atoms with Crippen molar-refractivity contribution in [2.45, 2.75) is 58.9 Å². The van der Waals surface area contributed by atoms with Crippen LogP contribution in [0.4, 0.5) is 0 Å². The average molecular weight is 373 g/mol. The maximum Gasteiger partial charge on any atom is 0.260 e. The number of hydrogen-bond acceptors (Lipinski definition) is 4. The van der Waals surface area contributed by atoms with Gasteiger partial charge in [-0.15, -0.1) is 0 Å². The van der Waals surface area contributed by atoms with E-state index in [2.05, 4.69) is 11.9 Å². The molecule has 0 spiro atoms. The molecule has 0 bridgehead atoms. The van der Waals surface area contributed by atoms with Crippen LogP contribution in [-0.4, -0.2) is 59.4 Å². The number of amides is 2. The topological polar surface area (TPSA) is 62.7 Å². The monoisotopic (exact) mass is 373 g/mol. The van der Waals surface area contributed by atoms with Gasteiger partial charge in [-0.1, -0.05) is 0 Å². The van der Waals surface area contributed by atoms with E-state index >= 15 is 0 Å². The van der Waals surface area contributed by atoms with Gasteiger partial charge in [0.15, 0.2) is 6.61 Å². The number of ether oxygens (including phenoxy) is 1. The molecular weight excluding hydrogens is 342 g/mol. The number of carbonyl (C=O) groups excluding carboxylic acids is 2. The average Bonchev–Trinajstić information content (AvgIpc) is 3.14. The number of fused-ring (bicyclic) bond motifs is 1. The zero-order valence-electron chi connectivity index (χ0n) is 17.0. The van der Waals surface area contributed by atoms with Gasteiger partial charge in [-0.25, -0.2) is 4.98 Å². The van der Waals surface area contributed by atoms with Crippen LogP contribution in [0.2, 0.25) is 0 Å². The van der Waals surface area contributed by atoms with Gasteiger partial charge >= 0.3 is 0 Å². The molecule has 0 atom stereocenters. The van der Waals surface area contributed by atoms with E-state index < -0.39 is 0 Å². The minimum atomic E-state index is -0.0296. The van der Waals surface area contributed by atoms with Crippen LogP contribution in [0.15, 0.2) is 6.07 Å². The number of rotatable bonds is 5. The summed E-state index contributed by atoms with van der Waals surface area (Å²) < 4.78 is 5.69. The van der Waals surface area contributed by atoms with E-state index in [9.17, 15) is 9.59 Å². The first-order chi connectivity index (χ1) is 12.9. The number of carbonyl (C=O) groups is 2. The molecule has 0 unspecified atom stereocenters. The van der Waals surface area contributed by atoms with E-state index in [0.717, 1.165) is 37.8 Å². The Labute approximate surface area is 161 Å². The summed E-state index contributed by atoms with van der Waals surface area (Å²) in [5, 5.41) is 0. The Balaban J connectivity index is 1.49. The number of likely N-dealkylation sites (tertiary alicyclic amines) is 1. The van der Waals surface area contributed by atoms with Gasteiger partial charge in [-0.05, 0) is 64.0 Å². The van der Waals surface area contributed by atoms with Crippen LogP contribution >= 0.6 is 0 Å². The molecule has 2 aliphatic rings. The van der Waals surface area contributed by atoms with Gasteiger partial charge in [0.25, 0.3) is 5.91 Å². The van der Waals surface area contributed by atoms with Crippen LogP contribution < -0.4 is 4.74 Å². The Morgan fingerprint density at radius 1 is 1.30 bits per heavy atom. The van der Waals surface area contributed by atoms with Crippen LogP contribution in [0.25, 0.3) is 0 Å². The molecule has 1 aliphatic heterocycles. The van der Waals surface area contributed by atoms with Gasteiger partial charge < -0.3 is 14.5 Å². The van der Waals surface area contributed by atoms with Gasteiger partial charge in [0.2, 0.25) is 11.8 Å². The zero-order valence-corrected chi connectivity index (χ0v) is 17.0. The standard InChI is InChI=1S/C21H31N3O3/c1-14(2)23(4)21(26)16-8-10-24(11-9-16)20(25)13-27-19-12-15(3)17-6-5-7-18(17)22-19/h12,14,16H,5-11,13H2,1-4H3. The third kappa shape index (κ3) is 4.42. The molecule has 1 aromatic heterocycles. The predicted octanol–water partition coefficient (Wildman–Crippen LogP) is 2.36. The van der Waals surface area contributed by atoms with Crippen LogP contribution in [0.5, 0.6) is 5.88 Å². The molecule has 3 rings (SSSR count). The second-order valence-corrected chi connectivity index (χ2v) is 8.04. The molecule has 0 N–H and O–H groups in total. The van der Waals surface area contributed by atoms with Crippen molar-refractivity contribution in [3.63, 3.8) is 0 Å². The summed E-state index contributed by atoms with van der Waals surface area (Å²) in [6, 6.07) is 2.14. The highest BCUT2D eigenvalue weighted by molar-refractivity contribution is 5.80. The second kappa shape index (κ2) is 8.28. The van der Waals surface area contributed by atoms with E-state index in [0.29, 0.717) is 19.0 Å². The van der Waals surface area contributed by atoms with Gasteiger partial charge in [0, 0.05) is 43.9 Å². The lowest BCUT2D eigenvalue weighted by atomic mass is 9.95. The zero-order chi connectivity index (χ0) is 19.6. The third-order valence-corrected chi connectivity index (χ3v) is 5.91. The predicted molar refractivity (Wildman–Crippen MR) is 104 cm³/mol. The summed E-state index contributed by atoms with van der Waals surface area (Å²) >= 11 is 0. The van der Waals surface area contributed by atoms with E-state index in [1.807, 2.05) is 27.0 Å². The third-order valence-electron chi connectivity index (χ3n) is 5.91. The lowest BCUT2D eigenvalue weighted by Crippen LogP contribution is -2.46. The fourth-order valence-corrected chi connectivity index (χ4v) is 3.93. The normalized spacial score (nSPS) is 17.1. The molecule has 1 saturated heterocycles. The van der Waals surface area contributed by atoms with Crippen LogP contribution in [0, 0.1) is 12.8 Å². The Hall–Kier alpha value is -2.11. The van der Waals surface area contributed by atoms with Crippen molar-refractivity contribution >= 4 is 11.8 Å². The summed E-state index contributed by atoms with van der Waals surface area (Å²) in [4.78, 5) is 33.1. The summed E-state index contributed by atoms with van der Waals surface area (Å²) in [5.74, 6) is 0.720. The molecule has 27 heavy (non-hydrogen) atoms. The molecule has 6 heteroatoms. The fourth-order valence-electron chi connectivity index (χ4n) is 3.93. The lowest BCUT2D eigenvalue weighted by molar-refractivity contribution is -0.141. The smallest absolute Gasteiger partial charge is 0.260 e. The number of pyridine rings is 1. The van der Waals surface area contributed by atoms with Gasteiger partial charge in [-0.3, -0.25) is 9.59 Å². The van der Waals surface area contributed by atoms with E-state index in [-0.39, 0.29) is 30.4 Å².